The highest BCUT2D eigenvalue weighted by atomic mass is 127. The highest BCUT2D eigenvalue weighted by molar-refractivity contribution is 14.0. The number of nitrogens with zero attached hydrogens (tertiary/aromatic N) is 2. The molecule has 9 heteroatoms. The topological polar surface area (TPSA) is 85.8 Å². The number of guanidine groups is 1. The van der Waals surface area contributed by atoms with Crippen LogP contribution in [-0.2, 0) is 10.0 Å². The Morgan fingerprint density at radius 1 is 1.14 bits per heavy atom. The molecule has 7 nitrogen and oxygen atoms in total. The molecule has 0 amide bonds. The molecule has 0 bridgehead atoms. The molecule has 3 N–H and O–H groups in total. The van der Waals surface area contributed by atoms with E-state index in [0.29, 0.717) is 25.1 Å². The van der Waals surface area contributed by atoms with Gasteiger partial charge in [0.25, 0.3) is 0 Å². The Labute approximate surface area is 193 Å². The highest BCUT2D eigenvalue weighted by Gasteiger charge is 2.20. The van der Waals surface area contributed by atoms with Crippen LogP contribution in [0.5, 0.6) is 0 Å². The molecular formula is C20H36IN5O2S. The third-order valence-electron chi connectivity index (χ3n) is 5.18. The molecule has 0 saturated carbocycles. The molecule has 1 aliphatic rings. The number of benzene rings is 1. The van der Waals surface area contributed by atoms with Crippen molar-refractivity contribution in [2.75, 3.05) is 39.8 Å². The Balaban J connectivity index is 0.00000420. The Bertz CT molecular complexity index is 725. The van der Waals surface area contributed by atoms with Gasteiger partial charge in [-0.2, -0.15) is 0 Å². The number of aliphatic imine (C=N–C) groups is 1. The van der Waals surface area contributed by atoms with Gasteiger partial charge in [0.1, 0.15) is 0 Å². The molecule has 1 heterocycles. The number of nitrogens with one attached hydrogen (secondary N) is 3. The molecule has 1 fully saturated rings. The molecule has 1 unspecified atom stereocenters. The van der Waals surface area contributed by atoms with Crippen LogP contribution in [-0.4, -0.2) is 65.1 Å². The summed E-state index contributed by atoms with van der Waals surface area (Å²) in [5.41, 5.74) is 1.03. The van der Waals surface area contributed by atoms with E-state index in [-0.39, 0.29) is 28.9 Å². The van der Waals surface area contributed by atoms with Crippen LogP contribution in [0.25, 0.3) is 0 Å². The van der Waals surface area contributed by atoms with Crippen LogP contribution in [0.4, 0.5) is 0 Å². The first-order valence-electron chi connectivity index (χ1n) is 10.2. The molecule has 0 aromatic heterocycles. The number of sulfonamides is 1. The van der Waals surface area contributed by atoms with Gasteiger partial charge in [-0.3, -0.25) is 9.89 Å². The fourth-order valence-electron chi connectivity index (χ4n) is 3.52. The summed E-state index contributed by atoms with van der Waals surface area (Å²) >= 11 is 0. The van der Waals surface area contributed by atoms with Crippen molar-refractivity contribution in [3.63, 3.8) is 0 Å². The second-order valence-electron chi connectivity index (χ2n) is 7.23. The fourth-order valence-corrected chi connectivity index (χ4v) is 4.55. The van der Waals surface area contributed by atoms with Crippen molar-refractivity contribution in [1.82, 2.24) is 20.3 Å². The van der Waals surface area contributed by atoms with Crippen molar-refractivity contribution in [2.24, 2.45) is 4.99 Å². The Morgan fingerprint density at radius 2 is 1.83 bits per heavy atom. The number of halogens is 1. The summed E-state index contributed by atoms with van der Waals surface area (Å²) in [7, 11) is -1.76. The predicted octanol–water partition coefficient (Wildman–Crippen LogP) is 2.32. The molecule has 1 aromatic carbocycles. The second kappa shape index (κ2) is 13.4. The Hall–Kier alpha value is -0.910. The molecule has 0 radical (unpaired) electrons. The largest absolute Gasteiger partial charge is 0.355 e. The van der Waals surface area contributed by atoms with E-state index >= 15 is 0 Å². The van der Waals surface area contributed by atoms with Gasteiger partial charge in [-0.05, 0) is 44.9 Å². The van der Waals surface area contributed by atoms with Gasteiger partial charge in [-0.25, -0.2) is 13.1 Å². The van der Waals surface area contributed by atoms with Gasteiger partial charge in [-0.1, -0.05) is 31.0 Å². The first kappa shape index (κ1) is 26.1. The minimum absolute atomic E-state index is 0. The van der Waals surface area contributed by atoms with E-state index < -0.39 is 10.0 Å². The molecule has 1 saturated heterocycles. The summed E-state index contributed by atoms with van der Waals surface area (Å²) < 4.78 is 27.2. The molecular weight excluding hydrogens is 501 g/mol. The van der Waals surface area contributed by atoms with Crippen LogP contribution >= 0.6 is 24.0 Å². The standard InChI is InChI=1S/C20H35N5O2S.HI/c1-4-18-7-5-6-15-25(18)16-14-23-20(21-3)22-12-13-24-28(26,27)19-10-8-17(2)9-11-19;/h8-11,18,24H,4-7,12-16H2,1-3H3,(H2,21,22,23);1H. The molecule has 1 aliphatic heterocycles. The monoisotopic (exact) mass is 537 g/mol. The Morgan fingerprint density at radius 3 is 2.48 bits per heavy atom. The summed E-state index contributed by atoms with van der Waals surface area (Å²) in [5.74, 6) is 0.694. The molecule has 2 rings (SSSR count). The van der Waals surface area contributed by atoms with Gasteiger partial charge in [0.15, 0.2) is 5.96 Å². The minimum Gasteiger partial charge on any atom is -0.355 e. The lowest BCUT2D eigenvalue weighted by Gasteiger charge is -2.35. The van der Waals surface area contributed by atoms with Crippen LogP contribution in [0, 0.1) is 6.92 Å². The lowest BCUT2D eigenvalue weighted by Crippen LogP contribution is -2.46. The molecule has 29 heavy (non-hydrogen) atoms. The van der Waals surface area contributed by atoms with E-state index in [0.717, 1.165) is 18.7 Å². The zero-order valence-corrected chi connectivity index (χ0v) is 20.9. The molecule has 0 aliphatic carbocycles. The van der Waals surface area contributed by atoms with Gasteiger partial charge in [0.05, 0.1) is 4.90 Å². The van der Waals surface area contributed by atoms with Gasteiger partial charge < -0.3 is 10.6 Å². The lowest BCUT2D eigenvalue weighted by atomic mass is 10.0. The summed E-state index contributed by atoms with van der Waals surface area (Å²) in [5, 5.41) is 6.48. The van der Waals surface area contributed by atoms with Crippen molar-refractivity contribution in [3.8, 4) is 0 Å². The number of likely N-dealkylation sites (tertiary alicyclic amines) is 1. The van der Waals surface area contributed by atoms with Crippen molar-refractivity contribution in [1.29, 1.82) is 0 Å². The highest BCUT2D eigenvalue weighted by Crippen LogP contribution is 2.18. The Kier molecular flexibility index (Phi) is 12.1. The van der Waals surface area contributed by atoms with Crippen molar-refractivity contribution < 1.29 is 8.42 Å². The maximum atomic E-state index is 12.3. The van der Waals surface area contributed by atoms with Crippen molar-refractivity contribution in [3.05, 3.63) is 29.8 Å². The van der Waals surface area contributed by atoms with Crippen LogP contribution < -0.4 is 15.4 Å². The summed E-state index contributed by atoms with van der Waals surface area (Å²) in [6.45, 7) is 7.94. The van der Waals surface area contributed by atoms with Crippen LogP contribution in [0.3, 0.4) is 0 Å². The maximum absolute atomic E-state index is 12.3. The van der Waals surface area contributed by atoms with Gasteiger partial charge in [-0.15, -0.1) is 24.0 Å². The molecule has 1 atom stereocenters. The zero-order valence-electron chi connectivity index (χ0n) is 17.8. The predicted molar refractivity (Wildman–Crippen MR) is 131 cm³/mol. The number of hydrogen-bond donors (Lipinski definition) is 3. The van der Waals surface area contributed by atoms with Gasteiger partial charge in [0.2, 0.25) is 10.0 Å². The summed E-state index contributed by atoms with van der Waals surface area (Å²) in [6, 6.07) is 7.53. The normalized spacial score (nSPS) is 18.2. The van der Waals surface area contributed by atoms with Crippen LogP contribution in [0.2, 0.25) is 0 Å². The smallest absolute Gasteiger partial charge is 0.240 e. The maximum Gasteiger partial charge on any atom is 0.240 e. The average molecular weight is 538 g/mol. The van der Waals surface area contributed by atoms with Gasteiger partial charge >= 0.3 is 0 Å². The second-order valence-corrected chi connectivity index (χ2v) is 9.00. The number of aryl methyl sites for hydroxylation is 1. The quantitative estimate of drug-likeness (QED) is 0.195. The molecule has 166 valence electrons. The average Bonchev–Trinajstić information content (AvgIpc) is 2.70. The molecule has 0 spiro atoms. The van der Waals surface area contributed by atoms with Gasteiger partial charge in [0, 0.05) is 39.3 Å². The number of piperidine rings is 1. The zero-order chi connectivity index (χ0) is 20.4. The first-order chi connectivity index (χ1) is 13.5. The summed E-state index contributed by atoms with van der Waals surface area (Å²) in [6.07, 6.45) is 5.12. The SMILES string of the molecule is CCC1CCCCN1CCNC(=NC)NCCNS(=O)(=O)c1ccc(C)cc1.I. The number of rotatable bonds is 9. The van der Waals surface area contributed by atoms with E-state index in [1.165, 1.54) is 32.2 Å². The lowest BCUT2D eigenvalue weighted by molar-refractivity contribution is 0.147. The van der Waals surface area contributed by atoms with Crippen LogP contribution in [0.15, 0.2) is 34.2 Å². The van der Waals surface area contributed by atoms with E-state index in [9.17, 15) is 8.42 Å². The molecule has 1 aromatic rings. The third-order valence-corrected chi connectivity index (χ3v) is 6.65. The van der Waals surface area contributed by atoms with Crippen molar-refractivity contribution >= 4 is 40.0 Å². The first-order valence-corrected chi connectivity index (χ1v) is 11.7. The minimum atomic E-state index is -3.48. The fraction of sp³-hybridized carbons (Fsp3) is 0.650. The van der Waals surface area contributed by atoms with Crippen LogP contribution in [0.1, 0.15) is 38.2 Å². The van der Waals surface area contributed by atoms with E-state index in [1.807, 2.05) is 6.92 Å². The van der Waals surface area contributed by atoms with E-state index in [4.69, 9.17) is 0 Å². The van der Waals surface area contributed by atoms with E-state index in [1.54, 1.807) is 31.3 Å². The summed E-state index contributed by atoms with van der Waals surface area (Å²) in [4.78, 5) is 7.05. The third kappa shape index (κ3) is 8.77. The van der Waals surface area contributed by atoms with Crippen molar-refractivity contribution in [2.45, 2.75) is 50.5 Å². The number of hydrogen-bond acceptors (Lipinski definition) is 4. The van der Waals surface area contributed by atoms with E-state index in [2.05, 4.69) is 32.2 Å².